The summed E-state index contributed by atoms with van der Waals surface area (Å²) < 4.78 is 5.33. The third-order valence-electron chi connectivity index (χ3n) is 3.64. The molecule has 138 valence electrons. The molecule has 0 saturated heterocycles. The number of carbonyl (C=O) groups excluding carboxylic acids is 2. The number of rotatable bonds is 7. The quantitative estimate of drug-likeness (QED) is 0.745. The van der Waals surface area contributed by atoms with Gasteiger partial charge in [-0.3, -0.25) is 9.59 Å². The van der Waals surface area contributed by atoms with Gasteiger partial charge in [-0.05, 0) is 55.8 Å². The number of halogens is 2. The fourth-order valence-corrected chi connectivity index (χ4v) is 2.93. The number of hydrogen-bond donors (Lipinski definition) is 2. The molecule has 2 aromatic rings. The molecule has 0 bridgehead atoms. The zero-order valence-electron chi connectivity index (χ0n) is 14.5. The minimum absolute atomic E-state index is 0.137. The number of nitrogens with one attached hydrogen (secondary N) is 2. The van der Waals surface area contributed by atoms with Crippen LogP contribution < -0.4 is 15.4 Å². The van der Waals surface area contributed by atoms with Crippen LogP contribution in [0.1, 0.15) is 35.8 Å². The number of amides is 2. The number of ether oxygens (including phenoxy) is 1. The van der Waals surface area contributed by atoms with Crippen molar-refractivity contribution in [2.45, 2.75) is 19.9 Å². The largest absolute Gasteiger partial charge is 0.494 e. The molecular weight excluding hydrogens is 375 g/mol. The van der Waals surface area contributed by atoms with Crippen LogP contribution in [0.2, 0.25) is 10.0 Å². The molecule has 0 spiro atoms. The maximum atomic E-state index is 12.1. The fraction of sp³-hybridized carbons (Fsp3) is 0.263. The summed E-state index contributed by atoms with van der Waals surface area (Å²) in [6, 6.07) is 11.5. The highest BCUT2D eigenvalue weighted by Gasteiger charge is 2.14. The van der Waals surface area contributed by atoms with Gasteiger partial charge in [-0.1, -0.05) is 29.3 Å². The van der Waals surface area contributed by atoms with E-state index in [0.29, 0.717) is 28.0 Å². The van der Waals surface area contributed by atoms with Gasteiger partial charge in [0.15, 0.2) is 0 Å². The highest BCUT2D eigenvalue weighted by Crippen LogP contribution is 2.25. The van der Waals surface area contributed by atoms with Crippen molar-refractivity contribution in [2.75, 3.05) is 13.2 Å². The molecule has 0 aliphatic heterocycles. The molecule has 0 aliphatic carbocycles. The van der Waals surface area contributed by atoms with Gasteiger partial charge in [0.25, 0.3) is 5.91 Å². The lowest BCUT2D eigenvalue weighted by Crippen LogP contribution is -2.38. The Morgan fingerprint density at radius 1 is 1.12 bits per heavy atom. The summed E-state index contributed by atoms with van der Waals surface area (Å²) in [5.41, 5.74) is 1.21. The first-order valence-corrected chi connectivity index (χ1v) is 8.91. The van der Waals surface area contributed by atoms with Crippen molar-refractivity contribution >= 4 is 35.0 Å². The van der Waals surface area contributed by atoms with E-state index in [4.69, 9.17) is 27.9 Å². The first-order valence-electron chi connectivity index (χ1n) is 8.16. The van der Waals surface area contributed by atoms with Crippen LogP contribution in [-0.4, -0.2) is 25.0 Å². The fourth-order valence-electron chi connectivity index (χ4n) is 2.35. The Balaban J connectivity index is 1.86. The Bertz CT molecular complexity index is 779. The molecule has 0 aromatic heterocycles. The number of benzene rings is 2. The maximum Gasteiger partial charge on any atom is 0.251 e. The Morgan fingerprint density at radius 2 is 1.81 bits per heavy atom. The first-order chi connectivity index (χ1) is 12.4. The molecule has 0 fully saturated rings. The lowest BCUT2D eigenvalue weighted by Gasteiger charge is -2.16. The summed E-state index contributed by atoms with van der Waals surface area (Å²) in [5, 5.41) is 6.38. The average Bonchev–Trinajstić information content (AvgIpc) is 2.60. The molecule has 2 amide bonds. The molecule has 26 heavy (non-hydrogen) atoms. The lowest BCUT2D eigenvalue weighted by atomic mass is 10.1. The zero-order valence-corrected chi connectivity index (χ0v) is 16.0. The highest BCUT2D eigenvalue weighted by atomic mass is 35.5. The Morgan fingerprint density at radius 3 is 2.42 bits per heavy atom. The van der Waals surface area contributed by atoms with Crippen LogP contribution in [0.25, 0.3) is 0 Å². The van der Waals surface area contributed by atoms with Crippen molar-refractivity contribution in [3.63, 3.8) is 0 Å². The van der Waals surface area contributed by atoms with Gasteiger partial charge in [0.2, 0.25) is 5.91 Å². The second-order valence-corrected chi connectivity index (χ2v) is 6.44. The van der Waals surface area contributed by atoms with Gasteiger partial charge in [-0.25, -0.2) is 0 Å². The van der Waals surface area contributed by atoms with E-state index in [2.05, 4.69) is 10.6 Å². The van der Waals surface area contributed by atoms with Gasteiger partial charge in [0, 0.05) is 15.6 Å². The minimum atomic E-state index is -0.333. The molecule has 0 radical (unpaired) electrons. The van der Waals surface area contributed by atoms with E-state index in [1.54, 1.807) is 49.4 Å². The molecule has 0 aliphatic rings. The van der Waals surface area contributed by atoms with Crippen molar-refractivity contribution < 1.29 is 14.3 Å². The van der Waals surface area contributed by atoms with E-state index in [0.717, 1.165) is 5.56 Å². The van der Waals surface area contributed by atoms with Crippen LogP contribution >= 0.6 is 23.2 Å². The van der Waals surface area contributed by atoms with Crippen LogP contribution in [0.4, 0.5) is 0 Å². The van der Waals surface area contributed by atoms with E-state index in [9.17, 15) is 9.59 Å². The Kier molecular flexibility index (Phi) is 7.30. The van der Waals surface area contributed by atoms with Crippen molar-refractivity contribution in [2.24, 2.45) is 0 Å². The number of carbonyl (C=O) groups is 2. The van der Waals surface area contributed by atoms with Crippen molar-refractivity contribution in [1.29, 1.82) is 0 Å². The van der Waals surface area contributed by atoms with Crippen molar-refractivity contribution in [3.05, 3.63) is 63.6 Å². The monoisotopic (exact) mass is 394 g/mol. The van der Waals surface area contributed by atoms with Crippen LogP contribution in [0.5, 0.6) is 5.75 Å². The summed E-state index contributed by atoms with van der Waals surface area (Å²) in [4.78, 5) is 24.2. The van der Waals surface area contributed by atoms with E-state index in [1.807, 2.05) is 6.92 Å². The molecule has 0 unspecified atom stereocenters. The SMILES string of the molecule is CCOc1ccc(C(=O)NCC(=O)N[C@@H](C)c2ccc(Cl)cc2Cl)cc1. The molecular formula is C19H20Cl2N2O3. The molecule has 1 atom stereocenters. The van der Waals surface area contributed by atoms with Gasteiger partial charge in [-0.15, -0.1) is 0 Å². The predicted octanol–water partition coefficient (Wildman–Crippen LogP) is 4.00. The Labute approximate surface area is 162 Å². The van der Waals surface area contributed by atoms with Crippen molar-refractivity contribution in [3.8, 4) is 5.75 Å². The molecule has 0 heterocycles. The predicted molar refractivity (Wildman–Crippen MR) is 103 cm³/mol. The minimum Gasteiger partial charge on any atom is -0.494 e. The summed E-state index contributed by atoms with van der Waals surface area (Å²) in [5.74, 6) is 0.0404. The van der Waals surface area contributed by atoms with E-state index in [-0.39, 0.29) is 24.4 Å². The van der Waals surface area contributed by atoms with Gasteiger partial charge in [0.1, 0.15) is 5.75 Å². The van der Waals surface area contributed by atoms with E-state index >= 15 is 0 Å². The number of hydrogen-bond acceptors (Lipinski definition) is 3. The summed E-state index contributed by atoms with van der Waals surface area (Å²) in [6.45, 7) is 4.11. The highest BCUT2D eigenvalue weighted by molar-refractivity contribution is 6.35. The van der Waals surface area contributed by atoms with Crippen LogP contribution in [0.3, 0.4) is 0 Å². The summed E-state index contributed by atoms with van der Waals surface area (Å²) in [7, 11) is 0. The van der Waals surface area contributed by atoms with Crippen LogP contribution in [0, 0.1) is 0 Å². The summed E-state index contributed by atoms with van der Waals surface area (Å²) >= 11 is 12.0. The van der Waals surface area contributed by atoms with Gasteiger partial charge in [-0.2, -0.15) is 0 Å². The van der Waals surface area contributed by atoms with Crippen LogP contribution in [0.15, 0.2) is 42.5 Å². The van der Waals surface area contributed by atoms with Gasteiger partial charge in [0.05, 0.1) is 19.2 Å². The Hall–Kier alpha value is -2.24. The van der Waals surface area contributed by atoms with Crippen molar-refractivity contribution in [1.82, 2.24) is 10.6 Å². The zero-order chi connectivity index (χ0) is 19.1. The average molecular weight is 395 g/mol. The molecule has 5 nitrogen and oxygen atoms in total. The third kappa shape index (κ3) is 5.64. The second-order valence-electron chi connectivity index (χ2n) is 5.60. The normalized spacial score (nSPS) is 11.5. The first kappa shape index (κ1) is 20.1. The molecule has 2 aromatic carbocycles. The van der Waals surface area contributed by atoms with E-state index < -0.39 is 0 Å². The summed E-state index contributed by atoms with van der Waals surface area (Å²) in [6.07, 6.45) is 0. The second kappa shape index (κ2) is 9.46. The molecule has 2 N–H and O–H groups in total. The van der Waals surface area contributed by atoms with E-state index in [1.165, 1.54) is 0 Å². The smallest absolute Gasteiger partial charge is 0.251 e. The van der Waals surface area contributed by atoms with Crippen LogP contribution in [-0.2, 0) is 4.79 Å². The molecule has 0 saturated carbocycles. The van der Waals surface area contributed by atoms with Gasteiger partial charge >= 0.3 is 0 Å². The maximum absolute atomic E-state index is 12.1. The molecule has 2 rings (SSSR count). The molecule has 7 heteroatoms. The third-order valence-corrected chi connectivity index (χ3v) is 4.21. The topological polar surface area (TPSA) is 67.4 Å². The lowest BCUT2D eigenvalue weighted by molar-refractivity contribution is -0.120. The van der Waals surface area contributed by atoms with Gasteiger partial charge < -0.3 is 15.4 Å². The standard InChI is InChI=1S/C19H20Cl2N2O3/c1-3-26-15-7-4-13(5-8-15)19(25)22-11-18(24)23-12(2)16-9-6-14(20)10-17(16)21/h4-10,12H,3,11H2,1-2H3,(H,22,25)(H,23,24)/t12-/m0/s1.